The van der Waals surface area contributed by atoms with Crippen LogP contribution in [0.15, 0.2) is 25.3 Å². The van der Waals surface area contributed by atoms with E-state index in [4.69, 9.17) is 5.73 Å². The molecule has 0 unspecified atom stereocenters. The summed E-state index contributed by atoms with van der Waals surface area (Å²) in [7, 11) is 0. The van der Waals surface area contributed by atoms with Crippen LogP contribution in [-0.2, 0) is 4.79 Å². The third kappa shape index (κ3) is 3.45. The van der Waals surface area contributed by atoms with Gasteiger partial charge in [0.15, 0.2) is 0 Å². The quantitative estimate of drug-likeness (QED) is 0.581. The van der Waals surface area contributed by atoms with Crippen molar-refractivity contribution in [2.45, 2.75) is 38.5 Å². The Morgan fingerprint density at radius 2 is 1.61 bits per heavy atom. The number of nitrogens with zero attached hydrogens (tertiary/aromatic N) is 1. The van der Waals surface area contributed by atoms with E-state index < -0.39 is 0 Å². The number of hydrogen-bond donors (Lipinski definition) is 1. The first kappa shape index (κ1) is 15.0. The van der Waals surface area contributed by atoms with Gasteiger partial charge in [0.2, 0.25) is 5.91 Å². The van der Waals surface area contributed by atoms with E-state index in [1.165, 1.54) is 12.8 Å². The van der Waals surface area contributed by atoms with Gasteiger partial charge < -0.3 is 10.6 Å². The van der Waals surface area contributed by atoms with Crippen LogP contribution in [0.25, 0.3) is 0 Å². The Morgan fingerprint density at radius 3 is 2.00 bits per heavy atom. The first-order valence-electron chi connectivity index (χ1n) is 6.91. The summed E-state index contributed by atoms with van der Waals surface area (Å²) in [5.41, 5.74) is 5.59. The van der Waals surface area contributed by atoms with Crippen LogP contribution in [0, 0.1) is 5.41 Å². The number of hydrogen-bond acceptors (Lipinski definition) is 2. The van der Waals surface area contributed by atoms with E-state index in [2.05, 4.69) is 13.2 Å². The standard InChI is InChI=1S/C15H26N2O/c1-3-11-17(12-4-2)14(18)15(13-16)9-7-5-6-8-10-15/h3-4H,1-2,5-13,16H2. The summed E-state index contributed by atoms with van der Waals surface area (Å²) in [6.45, 7) is 9.04. The highest BCUT2D eigenvalue weighted by Crippen LogP contribution is 2.36. The van der Waals surface area contributed by atoms with Gasteiger partial charge in [0.1, 0.15) is 0 Å². The predicted molar refractivity (Wildman–Crippen MR) is 76.2 cm³/mol. The highest BCUT2D eigenvalue weighted by Gasteiger charge is 2.39. The van der Waals surface area contributed by atoms with E-state index in [0.717, 1.165) is 25.7 Å². The fraction of sp³-hybridized carbons (Fsp3) is 0.667. The molecule has 1 aliphatic rings. The molecule has 1 rings (SSSR count). The van der Waals surface area contributed by atoms with Gasteiger partial charge in [0.25, 0.3) is 0 Å². The van der Waals surface area contributed by atoms with Crippen LogP contribution in [-0.4, -0.2) is 30.4 Å². The maximum absolute atomic E-state index is 12.7. The van der Waals surface area contributed by atoms with Crippen molar-refractivity contribution in [3.63, 3.8) is 0 Å². The Kier molecular flexibility index (Phi) is 6.13. The second-order valence-electron chi connectivity index (χ2n) is 5.19. The summed E-state index contributed by atoms with van der Waals surface area (Å²) in [5, 5.41) is 0. The van der Waals surface area contributed by atoms with E-state index in [1.54, 1.807) is 12.2 Å². The minimum Gasteiger partial charge on any atom is -0.335 e. The van der Waals surface area contributed by atoms with E-state index in [9.17, 15) is 4.79 Å². The van der Waals surface area contributed by atoms with Crippen LogP contribution in [0.5, 0.6) is 0 Å². The Morgan fingerprint density at radius 1 is 1.11 bits per heavy atom. The Hall–Kier alpha value is -1.09. The maximum Gasteiger partial charge on any atom is 0.230 e. The van der Waals surface area contributed by atoms with Gasteiger partial charge in [-0.3, -0.25) is 4.79 Å². The van der Waals surface area contributed by atoms with Crippen molar-refractivity contribution in [3.8, 4) is 0 Å². The lowest BCUT2D eigenvalue weighted by Gasteiger charge is -2.35. The zero-order valence-corrected chi connectivity index (χ0v) is 11.4. The molecule has 0 spiro atoms. The molecule has 0 bridgehead atoms. The van der Waals surface area contributed by atoms with Gasteiger partial charge >= 0.3 is 0 Å². The summed E-state index contributed by atoms with van der Waals surface area (Å²) in [6.07, 6.45) is 10.0. The normalized spacial score (nSPS) is 18.7. The van der Waals surface area contributed by atoms with E-state index in [1.807, 2.05) is 4.90 Å². The average molecular weight is 250 g/mol. The lowest BCUT2D eigenvalue weighted by molar-refractivity contribution is -0.141. The average Bonchev–Trinajstić information content (AvgIpc) is 2.64. The summed E-state index contributed by atoms with van der Waals surface area (Å²) in [5.74, 6) is 0.187. The number of carbonyl (C=O) groups excluding carboxylic acids is 1. The van der Waals surface area contributed by atoms with Crippen LogP contribution < -0.4 is 5.73 Å². The molecule has 1 fully saturated rings. The largest absolute Gasteiger partial charge is 0.335 e. The van der Waals surface area contributed by atoms with Crippen LogP contribution in [0.2, 0.25) is 0 Å². The monoisotopic (exact) mass is 250 g/mol. The maximum atomic E-state index is 12.7. The van der Waals surface area contributed by atoms with Crippen LogP contribution in [0.3, 0.4) is 0 Å². The van der Waals surface area contributed by atoms with Gasteiger partial charge in [0.05, 0.1) is 5.41 Å². The summed E-state index contributed by atoms with van der Waals surface area (Å²) in [4.78, 5) is 14.6. The summed E-state index contributed by atoms with van der Waals surface area (Å²) < 4.78 is 0. The van der Waals surface area contributed by atoms with Gasteiger partial charge in [-0.1, -0.05) is 37.8 Å². The Labute approximate surface area is 111 Å². The molecule has 18 heavy (non-hydrogen) atoms. The van der Waals surface area contributed by atoms with Crippen molar-refractivity contribution in [3.05, 3.63) is 25.3 Å². The summed E-state index contributed by atoms with van der Waals surface area (Å²) >= 11 is 0. The zero-order chi connectivity index (χ0) is 13.4. The SMILES string of the molecule is C=CCN(CC=C)C(=O)C1(CN)CCCCCC1. The Balaban J connectivity index is 2.85. The van der Waals surface area contributed by atoms with Gasteiger partial charge in [-0.25, -0.2) is 0 Å². The molecule has 0 heterocycles. The lowest BCUT2D eigenvalue weighted by Crippen LogP contribution is -2.48. The van der Waals surface area contributed by atoms with E-state index in [-0.39, 0.29) is 11.3 Å². The topological polar surface area (TPSA) is 46.3 Å². The molecule has 0 aromatic carbocycles. The number of carbonyl (C=O) groups is 1. The molecule has 1 saturated carbocycles. The zero-order valence-electron chi connectivity index (χ0n) is 11.4. The van der Waals surface area contributed by atoms with Gasteiger partial charge in [0, 0.05) is 19.6 Å². The van der Waals surface area contributed by atoms with Crippen molar-refractivity contribution in [2.24, 2.45) is 11.1 Å². The lowest BCUT2D eigenvalue weighted by atomic mass is 9.79. The molecule has 2 N–H and O–H groups in total. The molecule has 3 nitrogen and oxygen atoms in total. The molecule has 3 heteroatoms. The number of nitrogens with two attached hydrogens (primary N) is 1. The van der Waals surface area contributed by atoms with Crippen LogP contribution >= 0.6 is 0 Å². The van der Waals surface area contributed by atoms with Crippen molar-refractivity contribution in [1.29, 1.82) is 0 Å². The first-order chi connectivity index (χ1) is 8.70. The molecule has 1 aliphatic carbocycles. The fourth-order valence-corrected chi connectivity index (χ4v) is 2.80. The van der Waals surface area contributed by atoms with Crippen molar-refractivity contribution >= 4 is 5.91 Å². The molecule has 0 aliphatic heterocycles. The first-order valence-corrected chi connectivity index (χ1v) is 6.91. The number of rotatable bonds is 6. The highest BCUT2D eigenvalue weighted by atomic mass is 16.2. The minimum absolute atomic E-state index is 0.187. The van der Waals surface area contributed by atoms with Crippen molar-refractivity contribution in [1.82, 2.24) is 4.90 Å². The molecule has 1 amide bonds. The highest BCUT2D eigenvalue weighted by molar-refractivity contribution is 5.83. The second-order valence-corrected chi connectivity index (χ2v) is 5.19. The van der Waals surface area contributed by atoms with Gasteiger partial charge in [-0.05, 0) is 12.8 Å². The molecule has 102 valence electrons. The summed E-state index contributed by atoms with van der Waals surface area (Å²) in [6, 6.07) is 0. The second kappa shape index (κ2) is 7.37. The smallest absolute Gasteiger partial charge is 0.230 e. The molecular formula is C15H26N2O. The molecule has 0 aromatic rings. The molecule has 0 saturated heterocycles. The molecular weight excluding hydrogens is 224 g/mol. The van der Waals surface area contributed by atoms with Gasteiger partial charge in [-0.2, -0.15) is 0 Å². The fourth-order valence-electron chi connectivity index (χ4n) is 2.80. The predicted octanol–water partition coefficient (Wildman–Crippen LogP) is 2.49. The molecule has 0 radical (unpaired) electrons. The Bertz CT molecular complexity index is 281. The van der Waals surface area contributed by atoms with Crippen molar-refractivity contribution < 1.29 is 4.79 Å². The van der Waals surface area contributed by atoms with E-state index in [0.29, 0.717) is 19.6 Å². The van der Waals surface area contributed by atoms with Crippen LogP contribution in [0.4, 0.5) is 0 Å². The third-order valence-corrected chi connectivity index (χ3v) is 3.89. The molecule has 0 atom stereocenters. The third-order valence-electron chi connectivity index (χ3n) is 3.89. The minimum atomic E-state index is -0.345. The van der Waals surface area contributed by atoms with Gasteiger partial charge in [-0.15, -0.1) is 13.2 Å². The number of amides is 1. The van der Waals surface area contributed by atoms with Crippen molar-refractivity contribution in [2.75, 3.05) is 19.6 Å². The van der Waals surface area contributed by atoms with E-state index >= 15 is 0 Å². The molecule has 0 aromatic heterocycles. The van der Waals surface area contributed by atoms with Crippen LogP contribution in [0.1, 0.15) is 38.5 Å².